The number of carbonyl (C=O) groups is 3. The van der Waals surface area contributed by atoms with Gasteiger partial charge in [0.15, 0.2) is 12.1 Å². The molecule has 196 valence electrons. The molecule has 1 saturated heterocycles. The van der Waals surface area contributed by atoms with Gasteiger partial charge in [-0.3, -0.25) is 14.5 Å². The zero-order valence-electron chi connectivity index (χ0n) is 21.3. The summed E-state index contributed by atoms with van der Waals surface area (Å²) < 4.78 is 5.79. The van der Waals surface area contributed by atoms with Gasteiger partial charge in [-0.1, -0.05) is 103 Å². The van der Waals surface area contributed by atoms with Crippen molar-refractivity contribution in [1.82, 2.24) is 10.2 Å². The van der Waals surface area contributed by atoms with Crippen LogP contribution >= 0.6 is 0 Å². The topological polar surface area (TPSA) is 87.7 Å². The summed E-state index contributed by atoms with van der Waals surface area (Å²) in [6, 6.07) is 34.8. The minimum atomic E-state index is -0.892. The van der Waals surface area contributed by atoms with Crippen molar-refractivity contribution >= 4 is 23.6 Å². The highest BCUT2D eigenvalue weighted by molar-refractivity contribution is 5.92. The molecule has 4 aromatic rings. The number of hydrogen-bond donors (Lipinski definition) is 2. The standard InChI is InChI=1S/C32H29N3O4/c36-28(19-23-11-4-1-5-12-23)34-27-18-10-17-26(20-27)30-29(31(37)33-21-24-13-6-2-7-14-24)35(32(38)39-30)22-25-15-8-3-9-16-25/h1-18,20,29-30H,19,21-22H2,(H,33,37)(H,34,36)/t29-,30-/m0/s1. The van der Waals surface area contributed by atoms with Crippen LogP contribution in [-0.4, -0.2) is 28.8 Å². The second-order valence-corrected chi connectivity index (χ2v) is 9.40. The van der Waals surface area contributed by atoms with E-state index >= 15 is 0 Å². The predicted octanol–water partition coefficient (Wildman–Crippen LogP) is 5.25. The molecule has 2 N–H and O–H groups in total. The average Bonchev–Trinajstić information content (AvgIpc) is 3.29. The molecule has 0 aromatic heterocycles. The fraction of sp³-hybridized carbons (Fsp3) is 0.156. The smallest absolute Gasteiger partial charge is 0.411 e. The van der Waals surface area contributed by atoms with Crippen LogP contribution in [0.5, 0.6) is 0 Å². The van der Waals surface area contributed by atoms with Gasteiger partial charge in [0.1, 0.15) is 0 Å². The van der Waals surface area contributed by atoms with Gasteiger partial charge in [0.25, 0.3) is 0 Å². The van der Waals surface area contributed by atoms with Crippen LogP contribution in [0.15, 0.2) is 115 Å². The van der Waals surface area contributed by atoms with Crippen LogP contribution in [0, 0.1) is 0 Å². The quantitative estimate of drug-likeness (QED) is 0.316. The summed E-state index contributed by atoms with van der Waals surface area (Å²) in [5.41, 5.74) is 3.93. The second kappa shape index (κ2) is 12.1. The zero-order valence-corrected chi connectivity index (χ0v) is 21.3. The molecule has 7 heteroatoms. The highest BCUT2D eigenvalue weighted by Gasteiger charge is 2.47. The van der Waals surface area contributed by atoms with E-state index in [4.69, 9.17) is 4.74 Å². The Morgan fingerprint density at radius 3 is 2.03 bits per heavy atom. The molecule has 0 unspecified atom stereocenters. The van der Waals surface area contributed by atoms with E-state index in [2.05, 4.69) is 10.6 Å². The summed E-state index contributed by atoms with van der Waals surface area (Å²) in [4.78, 5) is 40.7. The van der Waals surface area contributed by atoms with Crippen LogP contribution in [0.1, 0.15) is 28.4 Å². The fourth-order valence-electron chi connectivity index (χ4n) is 4.66. The van der Waals surface area contributed by atoms with E-state index in [0.717, 1.165) is 16.7 Å². The van der Waals surface area contributed by atoms with Crippen molar-refractivity contribution < 1.29 is 19.1 Å². The SMILES string of the molecule is O=C(Cc1ccccc1)Nc1cccc([C@@H]2OC(=O)N(Cc3ccccc3)[C@@H]2C(=O)NCc2ccccc2)c1. The van der Waals surface area contributed by atoms with Crippen LogP contribution < -0.4 is 10.6 Å². The molecule has 1 heterocycles. The molecule has 39 heavy (non-hydrogen) atoms. The maximum atomic E-state index is 13.6. The molecule has 0 aliphatic carbocycles. The number of carbonyl (C=O) groups excluding carboxylic acids is 3. The van der Waals surface area contributed by atoms with Crippen molar-refractivity contribution in [3.8, 4) is 0 Å². The number of amides is 3. The molecule has 2 atom stereocenters. The van der Waals surface area contributed by atoms with E-state index < -0.39 is 18.2 Å². The number of anilines is 1. The molecule has 7 nitrogen and oxygen atoms in total. The molecule has 5 rings (SSSR count). The Hall–Kier alpha value is -4.91. The molecule has 0 saturated carbocycles. The normalized spacial score (nSPS) is 16.4. The summed E-state index contributed by atoms with van der Waals surface area (Å²) in [7, 11) is 0. The Morgan fingerprint density at radius 1 is 0.744 bits per heavy atom. The van der Waals surface area contributed by atoms with E-state index in [9.17, 15) is 14.4 Å². The fourth-order valence-corrected chi connectivity index (χ4v) is 4.66. The third-order valence-electron chi connectivity index (χ3n) is 6.57. The van der Waals surface area contributed by atoms with Crippen molar-refractivity contribution in [3.05, 3.63) is 138 Å². The molecule has 0 radical (unpaired) electrons. The molecule has 1 aliphatic heterocycles. The van der Waals surface area contributed by atoms with Crippen molar-refractivity contribution in [3.63, 3.8) is 0 Å². The van der Waals surface area contributed by atoms with Crippen molar-refractivity contribution in [2.24, 2.45) is 0 Å². The summed E-state index contributed by atoms with van der Waals surface area (Å²) in [5.74, 6) is -0.478. The van der Waals surface area contributed by atoms with Crippen LogP contribution in [0.4, 0.5) is 10.5 Å². The zero-order chi connectivity index (χ0) is 27.0. The van der Waals surface area contributed by atoms with Gasteiger partial charge in [0.05, 0.1) is 13.0 Å². The van der Waals surface area contributed by atoms with E-state index in [1.807, 2.05) is 91.0 Å². The average molecular weight is 520 g/mol. The molecule has 0 bridgehead atoms. The van der Waals surface area contributed by atoms with Gasteiger partial charge in [-0.25, -0.2) is 4.79 Å². The van der Waals surface area contributed by atoms with Crippen molar-refractivity contribution in [2.45, 2.75) is 31.7 Å². The first-order chi connectivity index (χ1) is 19.1. The first kappa shape index (κ1) is 25.7. The van der Waals surface area contributed by atoms with Gasteiger partial charge in [-0.2, -0.15) is 0 Å². The molecule has 1 fully saturated rings. The van der Waals surface area contributed by atoms with Crippen molar-refractivity contribution in [1.29, 1.82) is 0 Å². The third kappa shape index (κ3) is 6.51. The number of ether oxygens (including phenoxy) is 1. The maximum absolute atomic E-state index is 13.6. The van der Waals surface area contributed by atoms with E-state index in [-0.39, 0.29) is 24.8 Å². The van der Waals surface area contributed by atoms with Gasteiger partial charge < -0.3 is 15.4 Å². The van der Waals surface area contributed by atoms with Gasteiger partial charge in [-0.05, 0) is 34.4 Å². The summed E-state index contributed by atoms with van der Waals surface area (Å²) in [6.07, 6.45) is -1.18. The van der Waals surface area contributed by atoms with E-state index in [1.54, 1.807) is 24.3 Å². The lowest BCUT2D eigenvalue weighted by atomic mass is 10.00. The lowest BCUT2D eigenvalue weighted by Crippen LogP contribution is -2.46. The number of rotatable bonds is 9. The third-order valence-corrected chi connectivity index (χ3v) is 6.57. The minimum Gasteiger partial charge on any atom is -0.438 e. The van der Waals surface area contributed by atoms with Crippen molar-refractivity contribution in [2.75, 3.05) is 5.32 Å². The second-order valence-electron chi connectivity index (χ2n) is 9.40. The molecule has 4 aromatic carbocycles. The van der Waals surface area contributed by atoms with Gasteiger partial charge in [0.2, 0.25) is 11.8 Å². The van der Waals surface area contributed by atoms with Crippen LogP contribution in [0.2, 0.25) is 0 Å². The number of hydrogen-bond acceptors (Lipinski definition) is 4. The molecule has 1 aliphatic rings. The van der Waals surface area contributed by atoms with Crippen LogP contribution in [-0.2, 0) is 33.8 Å². The maximum Gasteiger partial charge on any atom is 0.411 e. The molecular weight excluding hydrogens is 490 g/mol. The molecular formula is C32H29N3O4. The highest BCUT2D eigenvalue weighted by atomic mass is 16.6. The van der Waals surface area contributed by atoms with Gasteiger partial charge in [0, 0.05) is 12.2 Å². The minimum absolute atomic E-state index is 0.162. The highest BCUT2D eigenvalue weighted by Crippen LogP contribution is 2.35. The van der Waals surface area contributed by atoms with E-state index in [1.165, 1.54) is 4.90 Å². The largest absolute Gasteiger partial charge is 0.438 e. The number of benzene rings is 4. The Kier molecular flexibility index (Phi) is 7.98. The molecule has 0 spiro atoms. The first-order valence-corrected chi connectivity index (χ1v) is 12.8. The Labute approximate surface area is 227 Å². The number of nitrogens with zero attached hydrogens (tertiary/aromatic N) is 1. The van der Waals surface area contributed by atoms with Gasteiger partial charge in [-0.15, -0.1) is 0 Å². The lowest BCUT2D eigenvalue weighted by molar-refractivity contribution is -0.126. The predicted molar refractivity (Wildman–Crippen MR) is 149 cm³/mol. The summed E-state index contributed by atoms with van der Waals surface area (Å²) >= 11 is 0. The number of nitrogens with one attached hydrogen (secondary N) is 2. The van der Waals surface area contributed by atoms with Crippen LogP contribution in [0.25, 0.3) is 0 Å². The first-order valence-electron chi connectivity index (χ1n) is 12.8. The Bertz CT molecular complexity index is 1430. The summed E-state index contributed by atoms with van der Waals surface area (Å²) in [5, 5.41) is 5.88. The summed E-state index contributed by atoms with van der Waals surface area (Å²) in [6.45, 7) is 0.555. The lowest BCUT2D eigenvalue weighted by Gasteiger charge is -2.24. The van der Waals surface area contributed by atoms with Gasteiger partial charge >= 0.3 is 6.09 Å². The monoisotopic (exact) mass is 519 g/mol. The van der Waals surface area contributed by atoms with Crippen LogP contribution in [0.3, 0.4) is 0 Å². The molecule has 3 amide bonds. The number of cyclic esters (lactones) is 1. The van der Waals surface area contributed by atoms with E-state index in [0.29, 0.717) is 17.8 Å². The Balaban J connectivity index is 1.37. The Morgan fingerprint density at radius 2 is 1.36 bits per heavy atom.